The average Bonchev–Trinajstić information content (AvgIpc) is 2.46. The van der Waals surface area contributed by atoms with Crippen molar-refractivity contribution < 1.29 is 0 Å². The molecule has 0 fully saturated rings. The molecule has 0 N–H and O–H groups in total. The fourth-order valence-electron chi connectivity index (χ4n) is 2.57. The number of rotatable bonds is 1. The Kier molecular flexibility index (Phi) is 3.29. The topological polar surface area (TPSA) is 12.9 Å². The lowest BCUT2D eigenvalue weighted by molar-refractivity contribution is 0.590. The summed E-state index contributed by atoms with van der Waals surface area (Å²) in [6, 6.07) is 19.6. The zero-order valence-electron chi connectivity index (χ0n) is 13.1. The third-order valence-corrected chi connectivity index (χ3v) is 3.91. The van der Waals surface area contributed by atoms with E-state index in [1.165, 1.54) is 22.1 Å². The van der Waals surface area contributed by atoms with Crippen molar-refractivity contribution in [1.29, 1.82) is 0 Å². The van der Waals surface area contributed by atoms with Gasteiger partial charge < -0.3 is 0 Å². The summed E-state index contributed by atoms with van der Waals surface area (Å²) >= 11 is 0. The van der Waals surface area contributed by atoms with E-state index < -0.39 is 0 Å². The molecule has 0 amide bonds. The summed E-state index contributed by atoms with van der Waals surface area (Å²) in [7, 11) is 0. The van der Waals surface area contributed by atoms with Gasteiger partial charge in [-0.3, -0.25) is 4.98 Å². The molecule has 3 rings (SSSR count). The molecule has 1 heteroatoms. The fourth-order valence-corrected chi connectivity index (χ4v) is 2.57. The molecule has 2 aromatic carbocycles. The molecule has 3 aromatic rings. The Labute approximate surface area is 126 Å². The maximum atomic E-state index is 4.56. The standard InChI is InChI=1S/C20H21N/c1-14-5-6-17-13-16(9-12-19(17)21-14)15-7-10-18(11-8-15)20(2,3)4/h5-13H,1-4H3. The van der Waals surface area contributed by atoms with Crippen LogP contribution in [0.25, 0.3) is 22.0 Å². The summed E-state index contributed by atoms with van der Waals surface area (Å²) in [6.07, 6.45) is 0. The normalized spacial score (nSPS) is 11.8. The maximum Gasteiger partial charge on any atom is 0.0705 e. The summed E-state index contributed by atoms with van der Waals surface area (Å²) in [4.78, 5) is 4.56. The van der Waals surface area contributed by atoms with Crippen LogP contribution in [0.2, 0.25) is 0 Å². The second kappa shape index (κ2) is 5.00. The van der Waals surface area contributed by atoms with E-state index in [0.717, 1.165) is 11.2 Å². The second-order valence-electron chi connectivity index (χ2n) is 6.69. The lowest BCUT2D eigenvalue weighted by Gasteiger charge is -2.19. The summed E-state index contributed by atoms with van der Waals surface area (Å²) in [6.45, 7) is 8.75. The van der Waals surface area contributed by atoms with Crippen LogP contribution in [0.3, 0.4) is 0 Å². The highest BCUT2D eigenvalue weighted by Gasteiger charge is 2.13. The molecule has 0 radical (unpaired) electrons. The first-order valence-corrected chi connectivity index (χ1v) is 7.42. The van der Waals surface area contributed by atoms with Gasteiger partial charge in [0.2, 0.25) is 0 Å². The Morgan fingerprint density at radius 1 is 0.762 bits per heavy atom. The number of fused-ring (bicyclic) bond motifs is 1. The Morgan fingerprint density at radius 2 is 1.43 bits per heavy atom. The zero-order valence-corrected chi connectivity index (χ0v) is 13.1. The van der Waals surface area contributed by atoms with Crippen LogP contribution in [0.5, 0.6) is 0 Å². The van der Waals surface area contributed by atoms with Gasteiger partial charge in [0.15, 0.2) is 0 Å². The monoisotopic (exact) mass is 275 g/mol. The van der Waals surface area contributed by atoms with Crippen LogP contribution in [0.4, 0.5) is 0 Å². The molecule has 0 saturated heterocycles. The van der Waals surface area contributed by atoms with Crippen LogP contribution in [0.1, 0.15) is 32.0 Å². The average molecular weight is 275 g/mol. The molecule has 0 aliphatic carbocycles. The van der Waals surface area contributed by atoms with Crippen LogP contribution >= 0.6 is 0 Å². The van der Waals surface area contributed by atoms with Gasteiger partial charge in [0, 0.05) is 11.1 Å². The number of pyridine rings is 1. The van der Waals surface area contributed by atoms with Crippen LogP contribution in [0.15, 0.2) is 54.6 Å². The van der Waals surface area contributed by atoms with Gasteiger partial charge in [0.25, 0.3) is 0 Å². The van der Waals surface area contributed by atoms with Gasteiger partial charge >= 0.3 is 0 Å². The summed E-state index contributed by atoms with van der Waals surface area (Å²) in [5, 5.41) is 1.19. The van der Waals surface area contributed by atoms with Crippen molar-refractivity contribution in [3.05, 3.63) is 65.9 Å². The summed E-state index contributed by atoms with van der Waals surface area (Å²) in [5.41, 5.74) is 6.18. The lowest BCUT2D eigenvalue weighted by atomic mass is 9.86. The number of aromatic nitrogens is 1. The first kappa shape index (κ1) is 13.8. The SMILES string of the molecule is Cc1ccc2cc(-c3ccc(C(C)(C)C)cc3)ccc2n1. The predicted octanol–water partition coefficient (Wildman–Crippen LogP) is 5.51. The Morgan fingerprint density at radius 3 is 2.10 bits per heavy atom. The third-order valence-electron chi connectivity index (χ3n) is 3.91. The van der Waals surface area contributed by atoms with Gasteiger partial charge in [-0.1, -0.05) is 57.2 Å². The van der Waals surface area contributed by atoms with Gasteiger partial charge in [0.05, 0.1) is 5.52 Å². The molecule has 106 valence electrons. The molecule has 1 aromatic heterocycles. The Bertz CT molecular complexity index is 777. The van der Waals surface area contributed by atoms with E-state index in [-0.39, 0.29) is 5.41 Å². The Hall–Kier alpha value is -2.15. The highest BCUT2D eigenvalue weighted by molar-refractivity contribution is 5.84. The van der Waals surface area contributed by atoms with Crippen molar-refractivity contribution >= 4 is 10.9 Å². The highest BCUT2D eigenvalue weighted by Crippen LogP contribution is 2.27. The van der Waals surface area contributed by atoms with Crippen LogP contribution in [-0.4, -0.2) is 4.98 Å². The minimum Gasteiger partial charge on any atom is -0.253 e. The van der Waals surface area contributed by atoms with Gasteiger partial charge in [-0.2, -0.15) is 0 Å². The molecular weight excluding hydrogens is 254 g/mol. The smallest absolute Gasteiger partial charge is 0.0705 e. The van der Waals surface area contributed by atoms with E-state index in [0.29, 0.717) is 0 Å². The van der Waals surface area contributed by atoms with Crippen LogP contribution < -0.4 is 0 Å². The van der Waals surface area contributed by atoms with E-state index in [9.17, 15) is 0 Å². The highest BCUT2D eigenvalue weighted by atomic mass is 14.7. The molecule has 0 saturated carbocycles. The zero-order chi connectivity index (χ0) is 15.0. The molecule has 21 heavy (non-hydrogen) atoms. The molecule has 0 unspecified atom stereocenters. The quantitative estimate of drug-likeness (QED) is 0.571. The summed E-state index contributed by atoms with van der Waals surface area (Å²) < 4.78 is 0. The van der Waals surface area contributed by atoms with Crippen molar-refractivity contribution in [2.45, 2.75) is 33.1 Å². The van der Waals surface area contributed by atoms with E-state index in [1.54, 1.807) is 0 Å². The fraction of sp³-hybridized carbons (Fsp3) is 0.250. The third kappa shape index (κ3) is 2.82. The molecular formula is C20H21N. The largest absolute Gasteiger partial charge is 0.253 e. The number of benzene rings is 2. The number of hydrogen-bond donors (Lipinski definition) is 0. The van der Waals surface area contributed by atoms with Crippen molar-refractivity contribution in [2.24, 2.45) is 0 Å². The molecule has 0 bridgehead atoms. The molecule has 1 nitrogen and oxygen atoms in total. The van der Waals surface area contributed by atoms with Crippen LogP contribution in [0, 0.1) is 6.92 Å². The molecule has 0 aliphatic rings. The van der Waals surface area contributed by atoms with Gasteiger partial charge in [0.1, 0.15) is 0 Å². The first-order valence-electron chi connectivity index (χ1n) is 7.42. The predicted molar refractivity (Wildman–Crippen MR) is 90.6 cm³/mol. The molecule has 0 spiro atoms. The van der Waals surface area contributed by atoms with Gasteiger partial charge in [-0.25, -0.2) is 0 Å². The van der Waals surface area contributed by atoms with E-state index in [1.807, 2.05) is 6.92 Å². The minimum absolute atomic E-state index is 0.198. The number of nitrogens with zero attached hydrogens (tertiary/aromatic N) is 1. The molecule has 0 atom stereocenters. The number of hydrogen-bond acceptors (Lipinski definition) is 1. The molecule has 1 heterocycles. The van der Waals surface area contributed by atoms with E-state index in [4.69, 9.17) is 0 Å². The van der Waals surface area contributed by atoms with Crippen molar-refractivity contribution in [2.75, 3.05) is 0 Å². The van der Waals surface area contributed by atoms with E-state index in [2.05, 4.69) is 80.4 Å². The van der Waals surface area contributed by atoms with Gasteiger partial charge in [-0.15, -0.1) is 0 Å². The summed E-state index contributed by atoms with van der Waals surface area (Å²) in [5.74, 6) is 0. The number of aryl methyl sites for hydroxylation is 1. The van der Waals surface area contributed by atoms with Crippen molar-refractivity contribution in [3.63, 3.8) is 0 Å². The molecule has 0 aliphatic heterocycles. The second-order valence-corrected chi connectivity index (χ2v) is 6.69. The Balaban J connectivity index is 2.02. The van der Waals surface area contributed by atoms with Crippen molar-refractivity contribution in [1.82, 2.24) is 4.98 Å². The minimum atomic E-state index is 0.198. The van der Waals surface area contributed by atoms with E-state index >= 15 is 0 Å². The first-order chi connectivity index (χ1) is 9.93. The lowest BCUT2D eigenvalue weighted by Crippen LogP contribution is -2.10. The van der Waals surface area contributed by atoms with Gasteiger partial charge in [-0.05, 0) is 47.2 Å². The van der Waals surface area contributed by atoms with Crippen molar-refractivity contribution in [3.8, 4) is 11.1 Å². The maximum absolute atomic E-state index is 4.56. The van der Waals surface area contributed by atoms with Crippen LogP contribution in [-0.2, 0) is 5.41 Å².